The maximum atomic E-state index is 12.3. The van der Waals surface area contributed by atoms with Crippen LogP contribution in [0.2, 0.25) is 0 Å². The normalized spacial score (nSPS) is 12.8. The van der Waals surface area contributed by atoms with Crippen molar-refractivity contribution in [2.75, 3.05) is 6.54 Å². The van der Waals surface area contributed by atoms with Crippen LogP contribution in [0, 0.1) is 11.3 Å². The van der Waals surface area contributed by atoms with Gasteiger partial charge in [-0.25, -0.2) is 0 Å². The van der Waals surface area contributed by atoms with E-state index in [0.717, 1.165) is 30.7 Å². The summed E-state index contributed by atoms with van der Waals surface area (Å²) in [5.41, 5.74) is 5.52. The molecule has 0 radical (unpaired) electrons. The number of hydrogen-bond acceptors (Lipinski definition) is 4. The minimum Gasteiger partial charge on any atom is -0.350 e. The van der Waals surface area contributed by atoms with Crippen molar-refractivity contribution in [2.24, 2.45) is 0 Å². The Morgan fingerprint density at radius 1 is 1.14 bits per heavy atom. The van der Waals surface area contributed by atoms with Crippen LogP contribution >= 0.6 is 0 Å². The van der Waals surface area contributed by atoms with Gasteiger partial charge in [-0.15, -0.1) is 0 Å². The molecule has 4 rings (SSSR count). The second-order valence-corrected chi connectivity index (χ2v) is 6.86. The van der Waals surface area contributed by atoms with Crippen LogP contribution in [0.15, 0.2) is 48.7 Å². The summed E-state index contributed by atoms with van der Waals surface area (Å²) in [4.78, 5) is 16.8. The number of pyridine rings is 1. The summed E-state index contributed by atoms with van der Waals surface area (Å²) in [6.45, 7) is 1.12. The molecule has 2 aromatic heterocycles. The minimum atomic E-state index is -0.143. The molecular formula is C22H21N5O. The fourth-order valence-electron chi connectivity index (χ4n) is 3.64. The van der Waals surface area contributed by atoms with Gasteiger partial charge in [-0.1, -0.05) is 6.07 Å². The highest BCUT2D eigenvalue weighted by molar-refractivity contribution is 5.94. The molecule has 6 nitrogen and oxygen atoms in total. The van der Waals surface area contributed by atoms with E-state index in [1.165, 1.54) is 17.7 Å². The molecule has 1 aliphatic rings. The third-order valence-corrected chi connectivity index (χ3v) is 5.05. The van der Waals surface area contributed by atoms with Crippen LogP contribution in [0.4, 0.5) is 0 Å². The topological polar surface area (TPSA) is 83.6 Å². The summed E-state index contributed by atoms with van der Waals surface area (Å²) < 4.78 is 2.03. The summed E-state index contributed by atoms with van der Waals surface area (Å²) in [7, 11) is 0. The van der Waals surface area contributed by atoms with Gasteiger partial charge in [-0.05, 0) is 62.1 Å². The first-order valence-corrected chi connectivity index (χ1v) is 9.54. The Balaban J connectivity index is 1.47. The van der Waals surface area contributed by atoms with Crippen molar-refractivity contribution >= 4 is 5.91 Å². The fraction of sp³-hybridized carbons (Fsp3) is 0.273. The lowest BCUT2D eigenvalue weighted by molar-refractivity contribution is 0.0952. The molecule has 1 aliphatic carbocycles. The lowest BCUT2D eigenvalue weighted by Crippen LogP contribution is -2.28. The average Bonchev–Trinajstić information content (AvgIpc) is 3.13. The molecule has 1 N–H and O–H groups in total. The van der Waals surface area contributed by atoms with Gasteiger partial charge >= 0.3 is 0 Å². The Labute approximate surface area is 163 Å². The number of rotatable bonds is 5. The van der Waals surface area contributed by atoms with Crippen molar-refractivity contribution in [1.29, 1.82) is 5.26 Å². The number of amides is 1. The molecule has 2 heterocycles. The molecule has 1 amide bonds. The van der Waals surface area contributed by atoms with E-state index >= 15 is 0 Å². The van der Waals surface area contributed by atoms with Gasteiger partial charge in [0.25, 0.3) is 5.91 Å². The lowest BCUT2D eigenvalue weighted by atomic mass is 9.95. The molecule has 28 heavy (non-hydrogen) atoms. The number of benzene rings is 1. The van der Waals surface area contributed by atoms with E-state index in [1.807, 2.05) is 22.9 Å². The predicted molar refractivity (Wildman–Crippen MR) is 106 cm³/mol. The molecule has 0 aliphatic heterocycles. The van der Waals surface area contributed by atoms with Crippen molar-refractivity contribution in [2.45, 2.75) is 32.2 Å². The Hall–Kier alpha value is -3.46. The molecule has 3 aromatic rings. The minimum absolute atomic E-state index is 0.143. The molecule has 0 saturated carbocycles. The molecule has 0 fully saturated rings. The number of nitrogens with zero attached hydrogens (tertiary/aromatic N) is 4. The molecule has 6 heteroatoms. The van der Waals surface area contributed by atoms with Crippen LogP contribution in [0.5, 0.6) is 0 Å². The average molecular weight is 371 g/mol. The molecule has 0 bridgehead atoms. The highest BCUT2D eigenvalue weighted by atomic mass is 16.1. The van der Waals surface area contributed by atoms with Crippen LogP contribution < -0.4 is 5.32 Å². The maximum Gasteiger partial charge on any atom is 0.251 e. The Morgan fingerprint density at radius 2 is 1.96 bits per heavy atom. The van der Waals surface area contributed by atoms with Crippen LogP contribution in [-0.2, 0) is 19.4 Å². The third kappa shape index (κ3) is 3.65. The number of nitriles is 1. The number of fused-ring (bicyclic) bond motifs is 1. The SMILES string of the molecule is N#Cc1ccc(C(=O)NCCn2nc(-c3ccccn3)c3c2CCCC3)cc1. The molecule has 1 aromatic carbocycles. The predicted octanol–water partition coefficient (Wildman–Crippen LogP) is 3.13. The van der Waals surface area contributed by atoms with E-state index in [0.29, 0.717) is 24.2 Å². The Bertz CT molecular complexity index is 1020. The first-order chi connectivity index (χ1) is 13.8. The largest absolute Gasteiger partial charge is 0.350 e. The van der Waals surface area contributed by atoms with E-state index < -0.39 is 0 Å². The summed E-state index contributed by atoms with van der Waals surface area (Å²) in [5.74, 6) is -0.143. The number of carbonyl (C=O) groups is 1. The Kier molecular flexibility index (Phi) is 5.16. The molecular weight excluding hydrogens is 350 g/mol. The highest BCUT2D eigenvalue weighted by Crippen LogP contribution is 2.30. The number of hydrogen-bond donors (Lipinski definition) is 1. The van der Waals surface area contributed by atoms with E-state index in [9.17, 15) is 4.79 Å². The van der Waals surface area contributed by atoms with Crippen LogP contribution in [0.25, 0.3) is 11.4 Å². The van der Waals surface area contributed by atoms with Gasteiger partial charge in [0.15, 0.2) is 0 Å². The zero-order chi connectivity index (χ0) is 19.3. The van der Waals surface area contributed by atoms with Gasteiger partial charge in [0.05, 0.1) is 23.9 Å². The van der Waals surface area contributed by atoms with Gasteiger partial charge < -0.3 is 5.32 Å². The van der Waals surface area contributed by atoms with E-state index in [1.54, 1.807) is 30.5 Å². The van der Waals surface area contributed by atoms with Crippen LogP contribution in [0.3, 0.4) is 0 Å². The van der Waals surface area contributed by atoms with Crippen molar-refractivity contribution in [3.8, 4) is 17.5 Å². The first kappa shape index (κ1) is 17.9. The van der Waals surface area contributed by atoms with Gasteiger partial charge in [-0.3, -0.25) is 14.5 Å². The van der Waals surface area contributed by atoms with Gasteiger partial charge in [0.2, 0.25) is 0 Å². The van der Waals surface area contributed by atoms with Gasteiger partial charge in [0.1, 0.15) is 5.69 Å². The second-order valence-electron chi connectivity index (χ2n) is 6.86. The molecule has 0 unspecified atom stereocenters. The summed E-state index contributed by atoms with van der Waals surface area (Å²) in [5, 5.41) is 16.6. The number of nitrogens with one attached hydrogen (secondary N) is 1. The molecule has 140 valence electrons. The van der Waals surface area contributed by atoms with Crippen molar-refractivity contribution in [3.63, 3.8) is 0 Å². The second kappa shape index (κ2) is 8.05. The maximum absolute atomic E-state index is 12.3. The smallest absolute Gasteiger partial charge is 0.251 e. The standard InChI is InChI=1S/C22H21N5O/c23-15-16-8-10-17(11-9-16)22(28)25-13-14-27-20-7-2-1-5-18(20)21(26-27)19-6-3-4-12-24-19/h3-4,6,8-12H,1-2,5,7,13-14H2,(H,25,28). The van der Waals surface area contributed by atoms with Crippen LogP contribution in [0.1, 0.15) is 40.0 Å². The van der Waals surface area contributed by atoms with E-state index in [-0.39, 0.29) is 5.91 Å². The lowest BCUT2D eigenvalue weighted by Gasteiger charge is -2.14. The number of aromatic nitrogens is 3. The van der Waals surface area contributed by atoms with Crippen molar-refractivity contribution in [1.82, 2.24) is 20.1 Å². The van der Waals surface area contributed by atoms with Crippen LogP contribution in [-0.4, -0.2) is 27.2 Å². The quantitative estimate of drug-likeness (QED) is 0.747. The van der Waals surface area contributed by atoms with E-state index in [2.05, 4.69) is 16.4 Å². The molecule has 0 saturated heterocycles. The summed E-state index contributed by atoms with van der Waals surface area (Å²) in [6, 6.07) is 14.6. The van der Waals surface area contributed by atoms with Gasteiger partial charge in [-0.2, -0.15) is 10.4 Å². The van der Waals surface area contributed by atoms with Crippen molar-refractivity contribution in [3.05, 3.63) is 71.0 Å². The zero-order valence-corrected chi connectivity index (χ0v) is 15.6. The highest BCUT2D eigenvalue weighted by Gasteiger charge is 2.22. The zero-order valence-electron chi connectivity index (χ0n) is 15.6. The van der Waals surface area contributed by atoms with Crippen molar-refractivity contribution < 1.29 is 4.79 Å². The monoisotopic (exact) mass is 371 g/mol. The third-order valence-electron chi connectivity index (χ3n) is 5.05. The Morgan fingerprint density at radius 3 is 2.71 bits per heavy atom. The van der Waals surface area contributed by atoms with Gasteiger partial charge in [0, 0.05) is 29.6 Å². The molecule has 0 spiro atoms. The molecule has 0 atom stereocenters. The first-order valence-electron chi connectivity index (χ1n) is 9.54. The summed E-state index contributed by atoms with van der Waals surface area (Å²) in [6.07, 6.45) is 6.17. The van der Waals surface area contributed by atoms with E-state index in [4.69, 9.17) is 10.4 Å². The number of carbonyl (C=O) groups excluding carboxylic acids is 1. The fourth-order valence-corrected chi connectivity index (χ4v) is 3.64. The summed E-state index contributed by atoms with van der Waals surface area (Å²) >= 11 is 0.